The third-order valence-electron chi connectivity index (χ3n) is 5.26. The van der Waals surface area contributed by atoms with Crippen LogP contribution in [-0.2, 0) is 25.4 Å². The van der Waals surface area contributed by atoms with Crippen molar-refractivity contribution in [1.29, 1.82) is 0 Å². The van der Waals surface area contributed by atoms with E-state index < -0.39 is 5.97 Å². The van der Waals surface area contributed by atoms with Gasteiger partial charge in [-0.15, -0.1) is 0 Å². The number of methoxy groups -OCH3 is 1. The number of esters is 1. The van der Waals surface area contributed by atoms with Gasteiger partial charge in [0.05, 0.1) is 52.1 Å². The van der Waals surface area contributed by atoms with E-state index >= 15 is 0 Å². The number of aliphatic hydroxyl groups excluding tert-OH is 1. The van der Waals surface area contributed by atoms with E-state index in [1.807, 2.05) is 6.07 Å². The van der Waals surface area contributed by atoms with Crippen LogP contribution in [0.15, 0.2) is 42.5 Å². The molecule has 3 aromatic rings. The van der Waals surface area contributed by atoms with Gasteiger partial charge in [0.25, 0.3) is 5.91 Å². The van der Waals surface area contributed by atoms with Gasteiger partial charge in [-0.3, -0.25) is 14.2 Å². The summed E-state index contributed by atoms with van der Waals surface area (Å²) in [4.78, 5) is 25.9. The quantitative estimate of drug-likeness (QED) is 0.307. The molecule has 2 aromatic carbocycles. The van der Waals surface area contributed by atoms with Gasteiger partial charge in [0.1, 0.15) is 12.4 Å². The lowest BCUT2D eigenvalue weighted by Crippen LogP contribution is -2.16. The van der Waals surface area contributed by atoms with Crippen LogP contribution in [0.3, 0.4) is 0 Å². The number of rotatable bonds is 12. The van der Waals surface area contributed by atoms with E-state index in [-0.39, 0.29) is 38.8 Å². The van der Waals surface area contributed by atoms with Gasteiger partial charge in [0.2, 0.25) is 0 Å². The fourth-order valence-electron chi connectivity index (χ4n) is 3.59. The van der Waals surface area contributed by atoms with E-state index in [1.165, 1.54) is 0 Å². The fraction of sp³-hybridized carbons (Fsp3) is 0.360. The van der Waals surface area contributed by atoms with Gasteiger partial charge in [-0.25, -0.2) is 0 Å². The number of aliphatic hydroxyl groups is 1. The number of carbonyl (C=O) groups excluding carboxylic acids is 2. The van der Waals surface area contributed by atoms with Crippen LogP contribution in [0.4, 0.5) is 0 Å². The first-order chi connectivity index (χ1) is 16.5. The Hall–Kier alpha value is -2.91. The number of nitrogens with zero attached hydrogens (tertiary/aromatic N) is 1. The minimum absolute atomic E-state index is 0.00396. The molecule has 0 spiro atoms. The molecule has 0 atom stereocenters. The molecule has 8 nitrogen and oxygen atoms in total. The number of hydrogen-bond donors (Lipinski definition) is 1. The van der Waals surface area contributed by atoms with Crippen LogP contribution < -0.4 is 4.74 Å². The second kappa shape index (κ2) is 12.5. The lowest BCUT2D eigenvalue weighted by molar-refractivity contribution is -0.144. The van der Waals surface area contributed by atoms with Crippen molar-refractivity contribution < 1.29 is 33.6 Å². The first-order valence-corrected chi connectivity index (χ1v) is 11.2. The largest absolute Gasteiger partial charge is 0.497 e. The Labute approximate surface area is 202 Å². The normalized spacial score (nSPS) is 11.1. The molecule has 34 heavy (non-hydrogen) atoms. The van der Waals surface area contributed by atoms with Crippen LogP contribution in [0.1, 0.15) is 21.6 Å². The van der Waals surface area contributed by atoms with Gasteiger partial charge < -0.3 is 24.1 Å². The van der Waals surface area contributed by atoms with E-state index in [0.717, 1.165) is 5.39 Å². The zero-order valence-electron chi connectivity index (χ0n) is 19.2. The zero-order chi connectivity index (χ0) is 24.5. The van der Waals surface area contributed by atoms with Crippen molar-refractivity contribution in [2.24, 2.45) is 0 Å². The topological polar surface area (TPSA) is 96.2 Å². The molecule has 3 rings (SSSR count). The summed E-state index contributed by atoms with van der Waals surface area (Å²) < 4.78 is 22.7. The predicted molar refractivity (Wildman–Crippen MR) is 128 cm³/mol. The van der Waals surface area contributed by atoms with Crippen molar-refractivity contribution in [3.63, 3.8) is 0 Å². The first kappa shape index (κ1) is 25.7. The second-order valence-electron chi connectivity index (χ2n) is 7.44. The Bertz CT molecular complexity index is 1120. The summed E-state index contributed by atoms with van der Waals surface area (Å²) in [5, 5.41) is 9.93. The summed E-state index contributed by atoms with van der Waals surface area (Å²) in [6, 6.07) is 12.1. The molecular formula is C25H28ClNO7. The van der Waals surface area contributed by atoms with Gasteiger partial charge >= 0.3 is 5.97 Å². The molecule has 0 saturated carbocycles. The Morgan fingerprint density at radius 2 is 1.65 bits per heavy atom. The highest BCUT2D eigenvalue weighted by atomic mass is 35.5. The van der Waals surface area contributed by atoms with Crippen LogP contribution >= 0.6 is 11.6 Å². The molecule has 0 radical (unpaired) electrons. The summed E-state index contributed by atoms with van der Waals surface area (Å²) in [7, 11) is 1.56. The van der Waals surface area contributed by atoms with Gasteiger partial charge in [0.15, 0.2) is 0 Å². The highest BCUT2D eigenvalue weighted by Gasteiger charge is 2.22. The number of hydrogen-bond acceptors (Lipinski definition) is 7. The van der Waals surface area contributed by atoms with E-state index in [4.69, 9.17) is 35.7 Å². The number of carbonyl (C=O) groups is 2. The monoisotopic (exact) mass is 489 g/mol. The minimum atomic E-state index is -0.427. The fourth-order valence-corrected chi connectivity index (χ4v) is 3.72. The minimum Gasteiger partial charge on any atom is -0.497 e. The second-order valence-corrected chi connectivity index (χ2v) is 7.88. The average Bonchev–Trinajstić information content (AvgIpc) is 3.11. The molecule has 0 fully saturated rings. The lowest BCUT2D eigenvalue weighted by atomic mass is 10.1. The molecule has 0 aliphatic heterocycles. The third kappa shape index (κ3) is 6.36. The summed E-state index contributed by atoms with van der Waals surface area (Å²) in [5.41, 5.74) is 2.50. The number of ether oxygens (including phenoxy) is 4. The summed E-state index contributed by atoms with van der Waals surface area (Å²) in [6.45, 7) is 3.06. The van der Waals surface area contributed by atoms with Crippen molar-refractivity contribution in [3.05, 3.63) is 64.3 Å². The van der Waals surface area contributed by atoms with Gasteiger partial charge in [0, 0.05) is 21.7 Å². The van der Waals surface area contributed by atoms with Crippen LogP contribution in [0.5, 0.6) is 5.75 Å². The molecule has 0 bridgehead atoms. The van der Waals surface area contributed by atoms with Gasteiger partial charge in [-0.1, -0.05) is 11.6 Å². The van der Waals surface area contributed by atoms with Crippen LogP contribution in [0.2, 0.25) is 5.02 Å². The van der Waals surface area contributed by atoms with Gasteiger partial charge in [-0.05, 0) is 55.0 Å². The Morgan fingerprint density at radius 3 is 2.32 bits per heavy atom. The highest BCUT2D eigenvalue weighted by Crippen LogP contribution is 2.31. The Balaban J connectivity index is 1.75. The van der Waals surface area contributed by atoms with Crippen LogP contribution in [0.25, 0.3) is 10.9 Å². The van der Waals surface area contributed by atoms with E-state index in [2.05, 4.69) is 0 Å². The molecule has 0 amide bonds. The van der Waals surface area contributed by atoms with Crippen molar-refractivity contribution in [2.45, 2.75) is 13.3 Å². The molecule has 0 unspecified atom stereocenters. The number of aromatic nitrogens is 1. The predicted octanol–water partition coefficient (Wildman–Crippen LogP) is 3.41. The van der Waals surface area contributed by atoms with Crippen molar-refractivity contribution in [2.75, 3.05) is 46.8 Å². The van der Waals surface area contributed by atoms with E-state index in [9.17, 15) is 9.59 Å². The van der Waals surface area contributed by atoms with Crippen LogP contribution in [0, 0.1) is 6.92 Å². The number of benzene rings is 2. The van der Waals surface area contributed by atoms with Crippen molar-refractivity contribution in [1.82, 2.24) is 4.57 Å². The smallest absolute Gasteiger partial charge is 0.310 e. The maximum atomic E-state index is 13.3. The molecule has 182 valence electrons. The molecule has 1 heterocycles. The number of halogens is 1. The highest BCUT2D eigenvalue weighted by molar-refractivity contribution is 6.30. The summed E-state index contributed by atoms with van der Waals surface area (Å²) in [6.07, 6.45) is -0.00396. The molecule has 1 aromatic heterocycles. The molecule has 0 saturated heterocycles. The standard InChI is InChI=1S/C25H28ClNO7/c1-17-21(16-24(29)34-14-13-33-12-11-32-10-9-28)22-15-20(31-2)7-8-23(22)27(17)25(30)18-3-5-19(26)6-4-18/h3-8,15,28H,9-14,16H2,1-2H3. The van der Waals surface area contributed by atoms with Gasteiger partial charge in [-0.2, -0.15) is 0 Å². The molecule has 9 heteroatoms. The van der Waals surface area contributed by atoms with E-state index in [0.29, 0.717) is 46.3 Å². The van der Waals surface area contributed by atoms with Crippen molar-refractivity contribution in [3.8, 4) is 5.75 Å². The maximum absolute atomic E-state index is 13.3. The third-order valence-corrected chi connectivity index (χ3v) is 5.51. The maximum Gasteiger partial charge on any atom is 0.310 e. The first-order valence-electron chi connectivity index (χ1n) is 10.9. The molecule has 0 aliphatic carbocycles. The van der Waals surface area contributed by atoms with Crippen LogP contribution in [-0.4, -0.2) is 68.3 Å². The number of fused-ring (bicyclic) bond motifs is 1. The van der Waals surface area contributed by atoms with Crippen molar-refractivity contribution >= 4 is 34.4 Å². The Kier molecular flexibility index (Phi) is 9.47. The average molecular weight is 490 g/mol. The summed E-state index contributed by atoms with van der Waals surface area (Å²) >= 11 is 5.97. The SMILES string of the molecule is COc1ccc2c(c1)c(CC(=O)OCCOCCOCCO)c(C)n2C(=O)c1ccc(Cl)cc1. The summed E-state index contributed by atoms with van der Waals surface area (Å²) in [5.74, 6) is -0.0279. The van der Waals surface area contributed by atoms with E-state index in [1.54, 1.807) is 55.0 Å². The lowest BCUT2D eigenvalue weighted by Gasteiger charge is -2.08. The molecule has 1 N–H and O–H groups in total. The zero-order valence-corrected chi connectivity index (χ0v) is 20.0. The molecule has 0 aliphatic rings. The Morgan fingerprint density at radius 1 is 0.971 bits per heavy atom. The molecular weight excluding hydrogens is 462 g/mol.